The molecule has 3 nitrogen and oxygen atoms in total. The van der Waals surface area contributed by atoms with Crippen molar-refractivity contribution in [1.82, 2.24) is 0 Å². The third-order valence-corrected chi connectivity index (χ3v) is 2.26. The summed E-state index contributed by atoms with van der Waals surface area (Å²) in [6, 6.07) is 1.83. The van der Waals surface area contributed by atoms with E-state index >= 15 is 0 Å². The lowest BCUT2D eigenvalue weighted by Gasteiger charge is -2.08. The number of carbonyl (C=O) groups excluding carboxylic acids is 1. The van der Waals surface area contributed by atoms with E-state index in [1.54, 1.807) is 5.70 Å². The summed E-state index contributed by atoms with van der Waals surface area (Å²) < 4.78 is 4.44. The molecular weight excluding hydrogens is 170 g/mol. The monoisotopic (exact) mass is 183 g/mol. The van der Waals surface area contributed by atoms with E-state index in [-0.39, 0.29) is 5.57 Å². The van der Waals surface area contributed by atoms with E-state index in [0.29, 0.717) is 0 Å². The normalized spacial score (nSPS) is 12.1. The van der Waals surface area contributed by atoms with Gasteiger partial charge in [-0.05, 0) is 0 Å². The van der Waals surface area contributed by atoms with Crippen LogP contribution in [0.5, 0.6) is 0 Å². The predicted molar refractivity (Wildman–Crippen MR) is 49.1 cm³/mol. The highest BCUT2D eigenvalue weighted by molar-refractivity contribution is 6.81. The maximum absolute atomic E-state index is 10.9. The van der Waals surface area contributed by atoms with Gasteiger partial charge in [-0.25, -0.2) is 4.79 Å². The minimum absolute atomic E-state index is 0.122. The second kappa shape index (κ2) is 4.07. The van der Waals surface area contributed by atoms with Crippen molar-refractivity contribution < 1.29 is 9.53 Å². The molecule has 0 atom stereocenters. The first-order valence-corrected chi connectivity index (χ1v) is 7.19. The summed E-state index contributed by atoms with van der Waals surface area (Å²) in [7, 11) is -0.230. The van der Waals surface area contributed by atoms with Gasteiger partial charge in [0, 0.05) is 0 Å². The highest BCUT2D eigenvalue weighted by atomic mass is 28.3. The molecule has 0 aliphatic heterocycles. The van der Waals surface area contributed by atoms with E-state index in [1.807, 2.05) is 25.7 Å². The Morgan fingerprint density at radius 1 is 1.50 bits per heavy atom. The molecular formula is C8H13NO2Si. The van der Waals surface area contributed by atoms with Crippen LogP contribution in [0.15, 0.2) is 11.3 Å². The third-order valence-electron chi connectivity index (χ3n) is 1.10. The zero-order valence-corrected chi connectivity index (χ0v) is 8.84. The molecule has 0 saturated heterocycles. The highest BCUT2D eigenvalue weighted by Crippen LogP contribution is 2.07. The third kappa shape index (κ3) is 3.94. The molecule has 12 heavy (non-hydrogen) atoms. The number of nitriles is 1. The predicted octanol–water partition coefficient (Wildman–Crippen LogP) is 1.49. The standard InChI is InChI=1S/C8H13NO2Si/c1-11-8(10)7(5-9)6-12(2,3)4/h6H,1-4H3. The molecule has 0 amide bonds. The van der Waals surface area contributed by atoms with Crippen LogP contribution in [0.3, 0.4) is 0 Å². The average molecular weight is 183 g/mol. The molecule has 0 fully saturated rings. The Balaban J connectivity index is 4.71. The minimum Gasteiger partial charge on any atom is -0.465 e. The molecule has 0 aliphatic rings. The van der Waals surface area contributed by atoms with Crippen LogP contribution in [-0.2, 0) is 9.53 Å². The molecule has 66 valence electrons. The van der Waals surface area contributed by atoms with Gasteiger partial charge in [-0.3, -0.25) is 0 Å². The number of esters is 1. The molecule has 0 aromatic heterocycles. The van der Waals surface area contributed by atoms with Gasteiger partial charge >= 0.3 is 5.97 Å². The smallest absolute Gasteiger partial charge is 0.347 e. The molecule has 0 N–H and O–H groups in total. The number of methoxy groups -OCH3 is 1. The molecule has 0 unspecified atom stereocenters. The maximum atomic E-state index is 10.9. The number of hydrogen-bond acceptors (Lipinski definition) is 3. The molecule has 0 rings (SSSR count). The summed E-state index contributed by atoms with van der Waals surface area (Å²) in [5, 5.41) is 8.59. The van der Waals surface area contributed by atoms with Gasteiger partial charge in [0.05, 0.1) is 15.2 Å². The fraction of sp³-hybridized carbons (Fsp3) is 0.500. The van der Waals surface area contributed by atoms with Crippen LogP contribution >= 0.6 is 0 Å². The van der Waals surface area contributed by atoms with Crippen molar-refractivity contribution >= 4 is 14.0 Å². The van der Waals surface area contributed by atoms with Crippen molar-refractivity contribution in [3.05, 3.63) is 11.3 Å². The molecule has 0 radical (unpaired) electrons. The molecule has 0 heterocycles. The number of ether oxygens (including phenoxy) is 1. The first-order chi connectivity index (χ1) is 5.40. The first kappa shape index (κ1) is 10.9. The Morgan fingerprint density at radius 3 is 2.25 bits per heavy atom. The van der Waals surface area contributed by atoms with Crippen LogP contribution in [0, 0.1) is 11.3 Å². The summed E-state index contributed by atoms with van der Waals surface area (Å²) in [4.78, 5) is 10.9. The van der Waals surface area contributed by atoms with Crippen molar-refractivity contribution in [2.24, 2.45) is 0 Å². The van der Waals surface area contributed by atoms with Crippen LogP contribution < -0.4 is 0 Å². The van der Waals surface area contributed by atoms with Crippen molar-refractivity contribution in [1.29, 1.82) is 5.26 Å². The van der Waals surface area contributed by atoms with Crippen molar-refractivity contribution in [3.8, 4) is 6.07 Å². The van der Waals surface area contributed by atoms with Crippen LogP contribution in [0.2, 0.25) is 19.6 Å². The Morgan fingerprint density at radius 2 is 2.00 bits per heavy atom. The summed E-state index contributed by atoms with van der Waals surface area (Å²) in [5.41, 5.74) is 1.86. The van der Waals surface area contributed by atoms with E-state index in [0.717, 1.165) is 0 Å². The van der Waals surface area contributed by atoms with Crippen molar-refractivity contribution in [2.75, 3.05) is 7.11 Å². The van der Waals surface area contributed by atoms with E-state index in [2.05, 4.69) is 4.74 Å². The summed E-state index contributed by atoms with van der Waals surface area (Å²) in [5.74, 6) is -0.542. The lowest BCUT2D eigenvalue weighted by molar-refractivity contribution is -0.135. The summed E-state index contributed by atoms with van der Waals surface area (Å²) in [6.07, 6.45) is 0. The number of nitrogens with zero attached hydrogens (tertiary/aromatic N) is 1. The maximum Gasteiger partial charge on any atom is 0.347 e. The van der Waals surface area contributed by atoms with Gasteiger partial charge in [0.25, 0.3) is 0 Å². The Kier molecular flexibility index (Phi) is 3.70. The van der Waals surface area contributed by atoms with Gasteiger partial charge in [0.2, 0.25) is 0 Å². The second-order valence-corrected chi connectivity index (χ2v) is 8.55. The average Bonchev–Trinajstić information content (AvgIpc) is 1.97. The van der Waals surface area contributed by atoms with Crippen molar-refractivity contribution in [2.45, 2.75) is 19.6 Å². The Labute approximate surface area is 73.7 Å². The van der Waals surface area contributed by atoms with Crippen molar-refractivity contribution in [3.63, 3.8) is 0 Å². The largest absolute Gasteiger partial charge is 0.465 e. The summed E-state index contributed by atoms with van der Waals surface area (Å²) >= 11 is 0. The van der Waals surface area contributed by atoms with Crippen LogP contribution in [-0.4, -0.2) is 21.2 Å². The number of rotatable bonds is 2. The zero-order chi connectivity index (χ0) is 9.78. The van der Waals surface area contributed by atoms with Gasteiger partial charge in [-0.1, -0.05) is 25.3 Å². The number of hydrogen-bond donors (Lipinski definition) is 0. The van der Waals surface area contributed by atoms with E-state index < -0.39 is 14.0 Å². The Hall–Kier alpha value is -1.08. The zero-order valence-electron chi connectivity index (χ0n) is 7.84. The molecule has 0 bridgehead atoms. The molecule has 4 heteroatoms. The van der Waals surface area contributed by atoms with E-state index in [4.69, 9.17) is 5.26 Å². The first-order valence-electron chi connectivity index (χ1n) is 3.62. The van der Waals surface area contributed by atoms with Crippen LogP contribution in [0.25, 0.3) is 0 Å². The fourth-order valence-corrected chi connectivity index (χ4v) is 1.73. The van der Waals surface area contributed by atoms with Gasteiger partial charge in [0.15, 0.2) is 0 Å². The lowest BCUT2D eigenvalue weighted by Crippen LogP contribution is -2.19. The topological polar surface area (TPSA) is 50.1 Å². The van der Waals surface area contributed by atoms with E-state index in [9.17, 15) is 4.79 Å². The highest BCUT2D eigenvalue weighted by Gasteiger charge is 2.15. The van der Waals surface area contributed by atoms with Gasteiger partial charge in [-0.15, -0.1) is 0 Å². The van der Waals surface area contributed by atoms with E-state index in [1.165, 1.54) is 7.11 Å². The number of carbonyl (C=O) groups is 1. The van der Waals surface area contributed by atoms with Gasteiger partial charge < -0.3 is 4.74 Å². The molecule has 0 aliphatic carbocycles. The molecule has 0 aromatic rings. The Bertz CT molecular complexity index is 245. The fourth-order valence-electron chi connectivity index (χ4n) is 0.680. The quantitative estimate of drug-likeness (QED) is 0.282. The SMILES string of the molecule is COC(=O)C(C#N)=C[Si](C)(C)C. The van der Waals surface area contributed by atoms with Crippen LogP contribution in [0.1, 0.15) is 0 Å². The van der Waals surface area contributed by atoms with Gasteiger partial charge in [0.1, 0.15) is 11.6 Å². The lowest BCUT2D eigenvalue weighted by atomic mass is 10.3. The van der Waals surface area contributed by atoms with Gasteiger partial charge in [-0.2, -0.15) is 5.26 Å². The molecule has 0 aromatic carbocycles. The molecule has 0 spiro atoms. The second-order valence-electron chi connectivity index (χ2n) is 3.53. The summed E-state index contributed by atoms with van der Waals surface area (Å²) in [6.45, 7) is 6.15. The minimum atomic E-state index is -1.51. The molecule has 0 saturated carbocycles. The van der Waals surface area contributed by atoms with Crippen LogP contribution in [0.4, 0.5) is 0 Å².